The van der Waals surface area contributed by atoms with Gasteiger partial charge in [0.2, 0.25) is 0 Å². The predicted molar refractivity (Wildman–Crippen MR) is 93.5 cm³/mol. The van der Waals surface area contributed by atoms with Gasteiger partial charge in [-0.1, -0.05) is 12.1 Å². The minimum atomic E-state index is -1.01. The summed E-state index contributed by atoms with van der Waals surface area (Å²) in [5.41, 5.74) is 0.853. The summed E-state index contributed by atoms with van der Waals surface area (Å²) in [4.78, 5) is 4.57. The second kappa shape index (κ2) is 6.53. The molecule has 1 aromatic heterocycles. The topological polar surface area (TPSA) is 56.5 Å². The SMILES string of the molecule is COc1ccc(OCCn2c(C(C)(C)O)nc3ccccc32)cc1. The molecule has 5 heteroatoms. The fourth-order valence-electron chi connectivity index (χ4n) is 2.70. The van der Waals surface area contributed by atoms with Crippen LogP contribution < -0.4 is 9.47 Å². The van der Waals surface area contributed by atoms with Gasteiger partial charge in [-0.3, -0.25) is 0 Å². The van der Waals surface area contributed by atoms with Crippen molar-refractivity contribution in [1.82, 2.24) is 9.55 Å². The van der Waals surface area contributed by atoms with E-state index in [1.807, 2.05) is 53.1 Å². The molecule has 0 spiro atoms. The maximum atomic E-state index is 10.4. The van der Waals surface area contributed by atoms with Gasteiger partial charge in [0.1, 0.15) is 29.5 Å². The van der Waals surface area contributed by atoms with Gasteiger partial charge in [-0.25, -0.2) is 4.98 Å². The summed E-state index contributed by atoms with van der Waals surface area (Å²) in [6.45, 7) is 4.58. The van der Waals surface area contributed by atoms with Gasteiger partial charge < -0.3 is 19.1 Å². The van der Waals surface area contributed by atoms with Crippen molar-refractivity contribution in [2.24, 2.45) is 0 Å². The molecular formula is C19H22N2O3. The maximum Gasteiger partial charge on any atom is 0.141 e. The molecule has 2 aromatic carbocycles. The lowest BCUT2D eigenvalue weighted by Gasteiger charge is -2.19. The summed E-state index contributed by atoms with van der Waals surface area (Å²) in [5, 5.41) is 10.4. The molecule has 0 radical (unpaired) electrons. The van der Waals surface area contributed by atoms with Crippen LogP contribution in [0.5, 0.6) is 11.5 Å². The Balaban J connectivity index is 1.78. The van der Waals surface area contributed by atoms with Crippen LogP contribution >= 0.6 is 0 Å². The molecule has 0 aliphatic carbocycles. The zero-order valence-corrected chi connectivity index (χ0v) is 14.2. The Kier molecular flexibility index (Phi) is 4.44. The van der Waals surface area contributed by atoms with Gasteiger partial charge in [-0.15, -0.1) is 0 Å². The van der Waals surface area contributed by atoms with Crippen LogP contribution in [-0.4, -0.2) is 28.4 Å². The summed E-state index contributed by atoms with van der Waals surface area (Å²) in [6, 6.07) is 15.4. The molecule has 3 aromatic rings. The van der Waals surface area contributed by atoms with Crippen molar-refractivity contribution < 1.29 is 14.6 Å². The minimum absolute atomic E-state index is 0.482. The highest BCUT2D eigenvalue weighted by Gasteiger charge is 2.24. The molecule has 126 valence electrons. The number of aliphatic hydroxyl groups is 1. The van der Waals surface area contributed by atoms with Crippen LogP contribution in [0.25, 0.3) is 11.0 Å². The number of rotatable bonds is 6. The second-order valence-corrected chi connectivity index (χ2v) is 6.16. The van der Waals surface area contributed by atoms with Crippen LogP contribution in [-0.2, 0) is 12.1 Å². The average molecular weight is 326 g/mol. The van der Waals surface area contributed by atoms with Crippen LogP contribution in [0.2, 0.25) is 0 Å². The Morgan fingerprint density at radius 3 is 2.38 bits per heavy atom. The fourth-order valence-corrected chi connectivity index (χ4v) is 2.70. The zero-order valence-electron chi connectivity index (χ0n) is 14.2. The van der Waals surface area contributed by atoms with Gasteiger partial charge in [-0.2, -0.15) is 0 Å². The molecular weight excluding hydrogens is 304 g/mol. The monoisotopic (exact) mass is 326 g/mol. The second-order valence-electron chi connectivity index (χ2n) is 6.16. The van der Waals surface area contributed by atoms with E-state index in [1.54, 1.807) is 21.0 Å². The number of methoxy groups -OCH3 is 1. The van der Waals surface area contributed by atoms with Crippen molar-refractivity contribution in [3.8, 4) is 11.5 Å². The molecule has 5 nitrogen and oxygen atoms in total. The number of nitrogens with zero attached hydrogens (tertiary/aromatic N) is 2. The van der Waals surface area contributed by atoms with E-state index in [0.29, 0.717) is 19.0 Å². The number of fused-ring (bicyclic) bond motifs is 1. The van der Waals surface area contributed by atoms with E-state index >= 15 is 0 Å². The van der Waals surface area contributed by atoms with E-state index in [4.69, 9.17) is 9.47 Å². The first-order chi connectivity index (χ1) is 11.5. The van der Waals surface area contributed by atoms with Gasteiger partial charge >= 0.3 is 0 Å². The van der Waals surface area contributed by atoms with E-state index in [1.165, 1.54) is 0 Å². The highest BCUT2D eigenvalue weighted by atomic mass is 16.5. The first kappa shape index (κ1) is 16.3. The van der Waals surface area contributed by atoms with Crippen LogP contribution in [0.3, 0.4) is 0 Å². The summed E-state index contributed by atoms with van der Waals surface area (Å²) in [5.74, 6) is 2.22. The molecule has 0 fully saturated rings. The first-order valence-corrected chi connectivity index (χ1v) is 7.94. The van der Waals surface area contributed by atoms with Crippen molar-refractivity contribution in [3.63, 3.8) is 0 Å². The third-order valence-corrected chi connectivity index (χ3v) is 3.84. The Morgan fingerprint density at radius 2 is 1.71 bits per heavy atom. The zero-order chi connectivity index (χ0) is 17.2. The Hall–Kier alpha value is -2.53. The van der Waals surface area contributed by atoms with E-state index in [2.05, 4.69) is 4.98 Å². The highest BCUT2D eigenvalue weighted by molar-refractivity contribution is 5.76. The molecule has 1 N–H and O–H groups in total. The third kappa shape index (κ3) is 3.36. The Morgan fingerprint density at radius 1 is 1.04 bits per heavy atom. The van der Waals surface area contributed by atoms with Crippen molar-refractivity contribution in [2.75, 3.05) is 13.7 Å². The van der Waals surface area contributed by atoms with Gasteiger partial charge in [0, 0.05) is 0 Å². The highest BCUT2D eigenvalue weighted by Crippen LogP contribution is 2.25. The number of ether oxygens (including phenoxy) is 2. The van der Waals surface area contributed by atoms with E-state index < -0.39 is 5.60 Å². The molecule has 24 heavy (non-hydrogen) atoms. The Labute approximate surface area is 141 Å². The average Bonchev–Trinajstić information content (AvgIpc) is 2.95. The molecule has 0 atom stereocenters. The summed E-state index contributed by atoms with van der Waals surface area (Å²) >= 11 is 0. The largest absolute Gasteiger partial charge is 0.497 e. The number of para-hydroxylation sites is 2. The third-order valence-electron chi connectivity index (χ3n) is 3.84. The lowest BCUT2D eigenvalue weighted by molar-refractivity contribution is 0.0644. The summed E-state index contributed by atoms with van der Waals surface area (Å²) < 4.78 is 13.0. The Bertz CT molecular complexity index is 817. The van der Waals surface area contributed by atoms with E-state index in [-0.39, 0.29) is 0 Å². The quantitative estimate of drug-likeness (QED) is 0.755. The van der Waals surface area contributed by atoms with Crippen LogP contribution in [0.15, 0.2) is 48.5 Å². The molecule has 0 bridgehead atoms. The number of hydrogen-bond donors (Lipinski definition) is 1. The number of benzene rings is 2. The van der Waals surface area contributed by atoms with Gasteiger partial charge in [0.05, 0.1) is 24.7 Å². The molecule has 0 aliphatic heterocycles. The van der Waals surface area contributed by atoms with Gasteiger partial charge in [0.25, 0.3) is 0 Å². The van der Waals surface area contributed by atoms with Crippen molar-refractivity contribution >= 4 is 11.0 Å². The van der Waals surface area contributed by atoms with Gasteiger partial charge in [0.15, 0.2) is 0 Å². The lowest BCUT2D eigenvalue weighted by atomic mass is 10.1. The molecule has 0 amide bonds. The maximum absolute atomic E-state index is 10.4. The summed E-state index contributed by atoms with van der Waals surface area (Å²) in [7, 11) is 1.64. The van der Waals surface area contributed by atoms with E-state index in [9.17, 15) is 5.11 Å². The normalized spacial score (nSPS) is 11.7. The van der Waals surface area contributed by atoms with Crippen molar-refractivity contribution in [2.45, 2.75) is 26.0 Å². The molecule has 1 heterocycles. The number of aromatic nitrogens is 2. The first-order valence-electron chi connectivity index (χ1n) is 7.94. The van der Waals surface area contributed by atoms with Gasteiger partial charge in [-0.05, 0) is 50.2 Å². The number of imidazole rings is 1. The van der Waals surface area contributed by atoms with Crippen molar-refractivity contribution in [3.05, 3.63) is 54.4 Å². The molecule has 0 saturated heterocycles. The smallest absolute Gasteiger partial charge is 0.141 e. The molecule has 0 aliphatic rings. The summed E-state index contributed by atoms with van der Waals surface area (Å²) in [6.07, 6.45) is 0. The van der Waals surface area contributed by atoms with Crippen LogP contribution in [0, 0.1) is 0 Å². The van der Waals surface area contributed by atoms with Crippen molar-refractivity contribution in [1.29, 1.82) is 0 Å². The van der Waals surface area contributed by atoms with Crippen LogP contribution in [0.4, 0.5) is 0 Å². The molecule has 3 rings (SSSR count). The van der Waals surface area contributed by atoms with Crippen LogP contribution in [0.1, 0.15) is 19.7 Å². The molecule has 0 unspecified atom stereocenters. The van der Waals surface area contributed by atoms with E-state index in [0.717, 1.165) is 22.5 Å². The standard InChI is InChI=1S/C19H22N2O3/c1-19(2,22)18-20-16-6-4-5-7-17(16)21(18)12-13-24-15-10-8-14(23-3)9-11-15/h4-11,22H,12-13H2,1-3H3. The predicted octanol–water partition coefficient (Wildman–Crippen LogP) is 3.35. The number of hydrogen-bond acceptors (Lipinski definition) is 4. The minimum Gasteiger partial charge on any atom is -0.497 e. The lowest BCUT2D eigenvalue weighted by Crippen LogP contribution is -2.23. The fraction of sp³-hybridized carbons (Fsp3) is 0.316. The molecule has 0 saturated carbocycles.